The molecule has 2 rings (SSSR count). The molecule has 1 N–H and O–H groups in total. The van der Waals surface area contributed by atoms with Gasteiger partial charge in [-0.3, -0.25) is 14.3 Å². The van der Waals surface area contributed by atoms with E-state index in [0.717, 1.165) is 4.57 Å². The van der Waals surface area contributed by atoms with Crippen LogP contribution in [0.5, 0.6) is 0 Å². The molecule has 0 spiro atoms. The highest BCUT2D eigenvalue weighted by Crippen LogP contribution is 1.93. The summed E-state index contributed by atoms with van der Waals surface area (Å²) in [5.74, 6) is 0. The van der Waals surface area contributed by atoms with Crippen molar-refractivity contribution in [3.8, 4) is 0 Å². The fraction of sp³-hybridized carbons (Fsp3) is 0.333. The van der Waals surface area contributed by atoms with Crippen LogP contribution in [0.2, 0.25) is 0 Å². The van der Waals surface area contributed by atoms with Gasteiger partial charge < -0.3 is 0 Å². The Labute approximate surface area is 71.6 Å². The number of aromatic amines is 1. The number of hydrogen-bond donors (Lipinski definition) is 1. The average molecular weight is 181 g/mol. The molecule has 0 unspecified atom stereocenters. The van der Waals surface area contributed by atoms with Crippen LogP contribution >= 0.6 is 0 Å². The number of aryl methyl sites for hydroxylation is 1. The van der Waals surface area contributed by atoms with Crippen LogP contribution in [0.25, 0.3) is 11.2 Å². The van der Waals surface area contributed by atoms with Gasteiger partial charge in [0.25, 0.3) is 5.56 Å². The van der Waals surface area contributed by atoms with E-state index in [1.54, 1.807) is 7.05 Å². The lowest BCUT2D eigenvalue weighted by Gasteiger charge is -1.91. The van der Waals surface area contributed by atoms with Crippen molar-refractivity contribution >= 4 is 11.2 Å². The number of nitrogens with zero attached hydrogens (tertiary/aromatic N) is 4. The molecule has 13 heavy (non-hydrogen) atoms. The predicted molar refractivity (Wildman–Crippen MR) is 44.4 cm³/mol. The zero-order chi connectivity index (χ0) is 9.59. The Balaban J connectivity index is 3.10. The Hall–Kier alpha value is -1.92. The molecule has 0 aliphatic carbocycles. The number of H-pyrrole nitrogens is 1. The number of nitrogens with one attached hydrogen (secondary N) is 1. The third-order valence-electron chi connectivity index (χ3n) is 1.75. The molecule has 0 fully saturated rings. The summed E-state index contributed by atoms with van der Waals surface area (Å²) >= 11 is 0. The lowest BCUT2D eigenvalue weighted by atomic mass is 10.5. The molecule has 0 aliphatic heterocycles. The van der Waals surface area contributed by atoms with Gasteiger partial charge in [-0.25, -0.2) is 4.79 Å². The van der Waals surface area contributed by atoms with Gasteiger partial charge in [0.2, 0.25) is 0 Å². The van der Waals surface area contributed by atoms with Crippen LogP contribution in [0, 0.1) is 0 Å². The van der Waals surface area contributed by atoms with Crippen molar-refractivity contribution in [2.45, 2.75) is 0 Å². The summed E-state index contributed by atoms with van der Waals surface area (Å²) in [6, 6.07) is 0. The molecule has 0 atom stereocenters. The molecular weight excluding hydrogens is 174 g/mol. The van der Waals surface area contributed by atoms with Gasteiger partial charge in [0.1, 0.15) is 0 Å². The SMILES string of the molecule is Cn1nc2[nH]c(=O)n(C)c(=O)c2n1. The fourth-order valence-corrected chi connectivity index (χ4v) is 1.07. The molecule has 0 bridgehead atoms. The van der Waals surface area contributed by atoms with Crippen LogP contribution in [0.3, 0.4) is 0 Å². The number of fused-ring (bicyclic) bond motifs is 1. The van der Waals surface area contributed by atoms with E-state index < -0.39 is 11.2 Å². The molecule has 7 nitrogen and oxygen atoms in total. The first kappa shape index (κ1) is 7.71. The largest absolute Gasteiger partial charge is 0.329 e. The fourth-order valence-electron chi connectivity index (χ4n) is 1.07. The van der Waals surface area contributed by atoms with Crippen LogP contribution in [0.1, 0.15) is 0 Å². The van der Waals surface area contributed by atoms with E-state index in [1.165, 1.54) is 11.8 Å². The Morgan fingerprint density at radius 2 is 1.92 bits per heavy atom. The molecule has 2 aromatic rings. The quantitative estimate of drug-likeness (QED) is 0.528. The summed E-state index contributed by atoms with van der Waals surface area (Å²) in [5.41, 5.74) is -0.537. The zero-order valence-corrected chi connectivity index (χ0v) is 7.11. The van der Waals surface area contributed by atoms with Gasteiger partial charge in [-0.1, -0.05) is 0 Å². The van der Waals surface area contributed by atoms with Crippen molar-refractivity contribution in [1.29, 1.82) is 0 Å². The second-order valence-corrected chi connectivity index (χ2v) is 2.68. The van der Waals surface area contributed by atoms with Crippen molar-refractivity contribution in [3.05, 3.63) is 20.8 Å². The standard InChI is InChI=1S/C6H7N5O2/c1-10-5(12)3-4(7-6(10)13)9-11(2)8-3/h1-2H3,(H,7,9,13). The second kappa shape index (κ2) is 2.28. The minimum Gasteiger partial charge on any atom is -0.288 e. The molecule has 0 saturated carbocycles. The lowest BCUT2D eigenvalue weighted by Crippen LogP contribution is -2.32. The van der Waals surface area contributed by atoms with Crippen LogP contribution in [0.15, 0.2) is 9.59 Å². The van der Waals surface area contributed by atoms with Crippen LogP contribution in [0.4, 0.5) is 0 Å². The van der Waals surface area contributed by atoms with Gasteiger partial charge >= 0.3 is 5.69 Å². The van der Waals surface area contributed by atoms with E-state index in [4.69, 9.17) is 0 Å². The van der Waals surface area contributed by atoms with Gasteiger partial charge in [-0.15, -0.1) is 10.2 Å². The normalized spacial score (nSPS) is 10.9. The third kappa shape index (κ3) is 0.968. The van der Waals surface area contributed by atoms with Crippen molar-refractivity contribution in [2.75, 3.05) is 0 Å². The van der Waals surface area contributed by atoms with Crippen molar-refractivity contribution in [2.24, 2.45) is 14.1 Å². The highest BCUT2D eigenvalue weighted by molar-refractivity contribution is 5.66. The van der Waals surface area contributed by atoms with Gasteiger partial charge in [-0.2, -0.15) is 4.80 Å². The summed E-state index contributed by atoms with van der Waals surface area (Å²) in [6.45, 7) is 0. The Kier molecular flexibility index (Phi) is 1.35. The Bertz CT molecular complexity index is 575. The third-order valence-corrected chi connectivity index (χ3v) is 1.75. The smallest absolute Gasteiger partial charge is 0.288 e. The first-order valence-electron chi connectivity index (χ1n) is 3.60. The van der Waals surface area contributed by atoms with Gasteiger partial charge in [0.05, 0.1) is 0 Å². The van der Waals surface area contributed by atoms with Crippen molar-refractivity contribution < 1.29 is 0 Å². The minimum absolute atomic E-state index is 0.171. The average Bonchev–Trinajstić information content (AvgIpc) is 2.42. The molecule has 68 valence electrons. The zero-order valence-electron chi connectivity index (χ0n) is 7.11. The second-order valence-electron chi connectivity index (χ2n) is 2.68. The number of aromatic nitrogens is 5. The minimum atomic E-state index is -0.488. The maximum Gasteiger partial charge on any atom is 0.329 e. The molecule has 7 heteroatoms. The Morgan fingerprint density at radius 3 is 2.62 bits per heavy atom. The lowest BCUT2D eigenvalue weighted by molar-refractivity contribution is 0.663. The van der Waals surface area contributed by atoms with E-state index in [9.17, 15) is 9.59 Å². The number of hydrogen-bond acceptors (Lipinski definition) is 4. The molecule has 2 heterocycles. The van der Waals surface area contributed by atoms with E-state index in [2.05, 4.69) is 15.2 Å². The summed E-state index contributed by atoms with van der Waals surface area (Å²) in [7, 11) is 2.97. The van der Waals surface area contributed by atoms with E-state index in [-0.39, 0.29) is 11.2 Å². The summed E-state index contributed by atoms with van der Waals surface area (Å²) in [5, 5.41) is 7.63. The maximum absolute atomic E-state index is 11.4. The molecule has 0 aromatic carbocycles. The van der Waals surface area contributed by atoms with E-state index >= 15 is 0 Å². The van der Waals surface area contributed by atoms with Crippen LogP contribution < -0.4 is 11.2 Å². The summed E-state index contributed by atoms with van der Waals surface area (Å²) < 4.78 is 0.955. The summed E-state index contributed by atoms with van der Waals surface area (Å²) in [6.07, 6.45) is 0. The molecule has 0 amide bonds. The number of rotatable bonds is 0. The molecule has 2 aromatic heterocycles. The van der Waals surface area contributed by atoms with E-state index in [1.807, 2.05) is 0 Å². The molecule has 0 radical (unpaired) electrons. The van der Waals surface area contributed by atoms with Gasteiger partial charge in [-0.05, 0) is 0 Å². The molecule has 0 saturated heterocycles. The van der Waals surface area contributed by atoms with Crippen LogP contribution in [-0.4, -0.2) is 24.5 Å². The molecule has 0 aliphatic rings. The van der Waals surface area contributed by atoms with Crippen molar-refractivity contribution in [1.82, 2.24) is 24.5 Å². The molecular formula is C6H7N5O2. The first-order valence-corrected chi connectivity index (χ1v) is 3.60. The highest BCUT2D eigenvalue weighted by atomic mass is 16.2. The Morgan fingerprint density at radius 1 is 1.23 bits per heavy atom. The van der Waals surface area contributed by atoms with Crippen molar-refractivity contribution in [3.63, 3.8) is 0 Å². The highest BCUT2D eigenvalue weighted by Gasteiger charge is 2.08. The monoisotopic (exact) mass is 181 g/mol. The van der Waals surface area contributed by atoms with Crippen LogP contribution in [-0.2, 0) is 14.1 Å². The predicted octanol–water partition coefficient (Wildman–Crippen LogP) is -1.64. The van der Waals surface area contributed by atoms with E-state index in [0.29, 0.717) is 0 Å². The van der Waals surface area contributed by atoms with Gasteiger partial charge in [0.15, 0.2) is 11.2 Å². The summed E-state index contributed by atoms with van der Waals surface area (Å²) in [4.78, 5) is 26.2. The first-order chi connectivity index (χ1) is 6.09. The maximum atomic E-state index is 11.4. The van der Waals surface area contributed by atoms with Gasteiger partial charge in [0, 0.05) is 14.1 Å². The topological polar surface area (TPSA) is 85.6 Å².